The number of rotatable bonds is 0. The number of imidazole rings is 1. The lowest BCUT2D eigenvalue weighted by molar-refractivity contribution is 1.15. The summed E-state index contributed by atoms with van der Waals surface area (Å²) in [7, 11) is 0. The zero-order valence-electron chi connectivity index (χ0n) is 4.96. The number of H-pyrrole nitrogens is 2. The zero-order chi connectivity index (χ0) is 6.97. The fourth-order valence-corrected chi connectivity index (χ4v) is 0.776. The van der Waals surface area contributed by atoms with E-state index in [0.717, 1.165) is 0 Å². The van der Waals surface area contributed by atoms with Gasteiger partial charge in [-0.1, -0.05) is 0 Å². The number of hydrogen-bond acceptors (Lipinski definition) is 3. The molecule has 50 valence electrons. The van der Waals surface area contributed by atoms with Gasteiger partial charge in [-0.25, -0.2) is 9.97 Å². The zero-order valence-corrected chi connectivity index (χ0v) is 4.96. The molecular weight excluding hydrogens is 133 g/mol. The van der Waals surface area contributed by atoms with Gasteiger partial charge in [0.2, 0.25) is 0 Å². The van der Waals surface area contributed by atoms with Crippen molar-refractivity contribution in [2.24, 2.45) is 0 Å². The maximum Gasteiger partial charge on any atom is 0.276 e. The second-order valence-electron chi connectivity index (χ2n) is 1.83. The van der Waals surface area contributed by atoms with Gasteiger partial charge in [-0.15, -0.1) is 0 Å². The molecule has 0 bridgehead atoms. The fraction of sp³-hybridized carbons (Fsp3) is 0. The molecule has 0 radical (unpaired) electrons. The Hall–Kier alpha value is -1.65. The van der Waals surface area contributed by atoms with E-state index in [9.17, 15) is 4.79 Å². The molecule has 2 rings (SSSR count). The summed E-state index contributed by atoms with van der Waals surface area (Å²) in [6, 6.07) is 0. The van der Waals surface area contributed by atoms with Crippen LogP contribution in [0.2, 0.25) is 0 Å². The van der Waals surface area contributed by atoms with Crippen LogP contribution in [0.15, 0.2) is 17.4 Å². The molecule has 2 aromatic rings. The second kappa shape index (κ2) is 1.66. The Morgan fingerprint density at radius 2 is 1.90 bits per heavy atom. The van der Waals surface area contributed by atoms with Gasteiger partial charge in [-0.05, 0) is 0 Å². The van der Waals surface area contributed by atoms with Crippen molar-refractivity contribution in [1.29, 1.82) is 0 Å². The monoisotopic (exact) mass is 137 g/mol. The standard InChI is InChI=1S/C5H4N4O/c10-5-3-4(7-1-6-3)8-2-9-5/h1-2H,(H2,6,7,8,9,10)/i6+1. The molecule has 0 aliphatic heterocycles. The summed E-state index contributed by atoms with van der Waals surface area (Å²) < 4.78 is 0. The van der Waals surface area contributed by atoms with Gasteiger partial charge in [-0.2, -0.15) is 0 Å². The largest absolute Gasteiger partial charge is 0.339 e. The highest BCUT2D eigenvalue weighted by molar-refractivity contribution is 5.67. The van der Waals surface area contributed by atoms with Crippen LogP contribution in [-0.2, 0) is 0 Å². The van der Waals surface area contributed by atoms with Crippen molar-refractivity contribution in [2.45, 2.75) is 0 Å². The molecule has 2 aromatic heterocycles. The first-order valence-corrected chi connectivity index (χ1v) is 2.75. The SMILES string of the molecule is O=c1[nH]cnc2nc[15nH]c12. The molecular formula is C5H4N4O. The molecule has 0 saturated heterocycles. The van der Waals surface area contributed by atoms with Crippen molar-refractivity contribution in [3.63, 3.8) is 0 Å². The lowest BCUT2D eigenvalue weighted by Gasteiger charge is -1.81. The van der Waals surface area contributed by atoms with Gasteiger partial charge >= 0.3 is 0 Å². The predicted octanol–water partition coefficient (Wildman–Crippen LogP) is -0.354. The molecule has 0 amide bonds. The lowest BCUT2D eigenvalue weighted by Crippen LogP contribution is -2.05. The summed E-state index contributed by atoms with van der Waals surface area (Å²) in [5.41, 5.74) is 0.675. The molecule has 5 heteroatoms. The first kappa shape index (κ1) is 5.16. The number of nitrogens with one attached hydrogen (secondary N) is 2. The minimum Gasteiger partial charge on any atom is -0.339 e. The summed E-state index contributed by atoms with van der Waals surface area (Å²) in [6.45, 7) is 0. The van der Waals surface area contributed by atoms with E-state index in [1.165, 1.54) is 12.7 Å². The molecule has 0 aliphatic carbocycles. The molecule has 10 heavy (non-hydrogen) atoms. The van der Waals surface area contributed by atoms with E-state index < -0.39 is 0 Å². The summed E-state index contributed by atoms with van der Waals surface area (Å²) in [5.74, 6) is 0. The maximum atomic E-state index is 10.9. The lowest BCUT2D eigenvalue weighted by atomic mass is 10.6. The van der Waals surface area contributed by atoms with Crippen LogP contribution in [0.5, 0.6) is 0 Å². The number of nitrogens with zero attached hydrogens (tertiary/aromatic N) is 2. The summed E-state index contributed by atoms with van der Waals surface area (Å²) in [6.07, 6.45) is 2.76. The number of aromatic nitrogens is 4. The normalized spacial score (nSPS) is 10.4. The maximum absolute atomic E-state index is 10.9. The van der Waals surface area contributed by atoms with Gasteiger partial charge < -0.3 is 9.97 Å². The number of aromatic amines is 2. The highest BCUT2D eigenvalue weighted by Crippen LogP contribution is 1.94. The molecule has 0 atom stereocenters. The van der Waals surface area contributed by atoms with Gasteiger partial charge in [0, 0.05) is 0 Å². The van der Waals surface area contributed by atoms with E-state index in [1.54, 1.807) is 0 Å². The molecule has 5 nitrogen and oxygen atoms in total. The van der Waals surface area contributed by atoms with Crippen LogP contribution in [0.4, 0.5) is 0 Å². The summed E-state index contributed by atoms with van der Waals surface area (Å²) in [4.78, 5) is 23.6. The van der Waals surface area contributed by atoms with Gasteiger partial charge in [0.1, 0.15) is 0 Å². The van der Waals surface area contributed by atoms with Crippen LogP contribution in [0.25, 0.3) is 11.2 Å². The molecule has 0 aliphatic rings. The molecule has 2 N–H and O–H groups in total. The molecule has 0 unspecified atom stereocenters. The van der Waals surface area contributed by atoms with Crippen molar-refractivity contribution in [2.75, 3.05) is 0 Å². The van der Waals surface area contributed by atoms with Crippen LogP contribution < -0.4 is 5.56 Å². The van der Waals surface area contributed by atoms with Crippen LogP contribution >= 0.6 is 0 Å². The van der Waals surface area contributed by atoms with Crippen molar-refractivity contribution < 1.29 is 0 Å². The third kappa shape index (κ3) is 0.540. The van der Waals surface area contributed by atoms with Crippen LogP contribution in [0.1, 0.15) is 0 Å². The number of hydrogen-bond donors (Lipinski definition) is 2. The van der Waals surface area contributed by atoms with Gasteiger partial charge in [-0.3, -0.25) is 4.79 Å². The smallest absolute Gasteiger partial charge is 0.276 e. The Morgan fingerprint density at radius 1 is 1.20 bits per heavy atom. The predicted molar refractivity (Wildman–Crippen MR) is 34.5 cm³/mol. The highest BCUT2D eigenvalue weighted by Gasteiger charge is 1.97. The van der Waals surface area contributed by atoms with Crippen molar-refractivity contribution in [1.82, 2.24) is 19.9 Å². The van der Waals surface area contributed by atoms with Crippen LogP contribution in [0, 0.1) is 0 Å². The summed E-state index contributed by atoms with van der Waals surface area (Å²) >= 11 is 0. The average molecular weight is 137 g/mol. The van der Waals surface area contributed by atoms with Gasteiger partial charge in [0.05, 0.1) is 12.7 Å². The Labute approximate surface area is 55.1 Å². The Kier molecular flexibility index (Phi) is 0.858. The topological polar surface area (TPSA) is 74.4 Å². The molecule has 0 aromatic carbocycles. The minimum absolute atomic E-state index is 0.192. The van der Waals surface area contributed by atoms with Crippen molar-refractivity contribution >= 4 is 11.2 Å². The van der Waals surface area contributed by atoms with E-state index in [2.05, 4.69) is 19.9 Å². The van der Waals surface area contributed by atoms with E-state index in [1.807, 2.05) is 0 Å². The molecule has 0 saturated carbocycles. The van der Waals surface area contributed by atoms with Gasteiger partial charge in [0.25, 0.3) is 5.56 Å². The van der Waals surface area contributed by atoms with Crippen LogP contribution in [0.3, 0.4) is 0 Å². The third-order valence-electron chi connectivity index (χ3n) is 1.23. The first-order valence-electron chi connectivity index (χ1n) is 2.75. The van der Waals surface area contributed by atoms with Crippen molar-refractivity contribution in [3.05, 3.63) is 23.0 Å². The quantitative estimate of drug-likeness (QED) is 0.521. The Balaban J connectivity index is 3.09. The van der Waals surface area contributed by atoms with Gasteiger partial charge in [0.15, 0.2) is 11.2 Å². The Morgan fingerprint density at radius 3 is 2.60 bits per heavy atom. The average Bonchev–Trinajstić information content (AvgIpc) is 2.36. The molecule has 2 heterocycles. The minimum atomic E-state index is -0.192. The van der Waals surface area contributed by atoms with Crippen LogP contribution in [-0.4, -0.2) is 19.9 Å². The fourth-order valence-electron chi connectivity index (χ4n) is 0.776. The third-order valence-corrected chi connectivity index (χ3v) is 1.23. The van der Waals surface area contributed by atoms with E-state index in [4.69, 9.17) is 0 Å². The Bertz CT molecular complexity index is 401. The first-order chi connectivity index (χ1) is 4.88. The van der Waals surface area contributed by atoms with Crippen molar-refractivity contribution in [3.8, 4) is 0 Å². The molecule has 0 fully saturated rings. The van der Waals surface area contributed by atoms with E-state index in [0.29, 0.717) is 11.2 Å². The second-order valence-corrected chi connectivity index (χ2v) is 1.83. The number of fused-ring (bicyclic) bond motifs is 1. The van der Waals surface area contributed by atoms with E-state index in [-0.39, 0.29) is 5.56 Å². The summed E-state index contributed by atoms with van der Waals surface area (Å²) in [5, 5.41) is 0. The highest BCUT2D eigenvalue weighted by atomic mass is 16.1. The molecule has 0 spiro atoms. The van der Waals surface area contributed by atoms with E-state index >= 15 is 0 Å².